The quantitative estimate of drug-likeness (QED) is 0.142. The fraction of sp³-hybridized carbons (Fsp3) is 0.559. The van der Waals surface area contributed by atoms with E-state index in [9.17, 15) is 9.59 Å². The Hall–Kier alpha value is -3.35. The van der Waals surface area contributed by atoms with E-state index in [0.717, 1.165) is 50.8 Å². The number of rotatable bonds is 14. The molecule has 0 amide bonds. The molecule has 0 bridgehead atoms. The minimum atomic E-state index is -1.03. The number of imidazole rings is 1. The molecule has 1 aromatic heterocycles. The van der Waals surface area contributed by atoms with Gasteiger partial charge in [-0.25, -0.2) is 9.59 Å². The summed E-state index contributed by atoms with van der Waals surface area (Å²) >= 11 is 0. The van der Waals surface area contributed by atoms with Crippen LogP contribution in [0.1, 0.15) is 99.3 Å². The summed E-state index contributed by atoms with van der Waals surface area (Å²) in [5.74, 6) is 0.263. The van der Waals surface area contributed by atoms with Crippen LogP contribution in [0.2, 0.25) is 0 Å². The maximum atomic E-state index is 12.8. The lowest BCUT2D eigenvalue weighted by molar-refractivity contribution is -0.158. The van der Waals surface area contributed by atoms with Crippen LogP contribution in [0.5, 0.6) is 5.75 Å². The van der Waals surface area contributed by atoms with E-state index in [4.69, 9.17) is 14.9 Å². The van der Waals surface area contributed by atoms with Crippen LogP contribution in [-0.4, -0.2) is 33.5 Å². The van der Waals surface area contributed by atoms with E-state index in [1.165, 1.54) is 17.4 Å². The standard InChI is InChI=1S/C26H38N2O4.C5H10.C3H7N/c1-7-17-28-22(19-27(25(28)30)18-20(4)8-2)12-10-11-21-13-15-23(16-14-21)32-26(5,6)24(29)31-9-3;1-3-5-4-2;1-2-3-4/h8,13-16,19H,7,9-12,17-18H2,1-6H3;3,5H,4H2,1-2H3;3-4H,2H2,1H3/b20-8+;5-3-;. The topological polar surface area (TPSA) is 86.3 Å². The summed E-state index contributed by atoms with van der Waals surface area (Å²) in [6.45, 7) is 19.1. The van der Waals surface area contributed by atoms with E-state index in [1.807, 2.05) is 73.4 Å². The second kappa shape index (κ2) is 21.4. The number of nitrogens with zero attached hydrogens (tertiary/aromatic N) is 2. The zero-order valence-corrected chi connectivity index (χ0v) is 27.1. The summed E-state index contributed by atoms with van der Waals surface area (Å²) in [5, 5.41) is 6.33. The van der Waals surface area contributed by atoms with E-state index < -0.39 is 5.60 Å². The molecule has 0 aliphatic heterocycles. The molecule has 1 N–H and O–H groups in total. The molecular formula is C34H55N3O4. The predicted molar refractivity (Wildman–Crippen MR) is 172 cm³/mol. The molecule has 0 fully saturated rings. The molecule has 0 saturated heterocycles. The number of hydrogen-bond acceptors (Lipinski definition) is 5. The van der Waals surface area contributed by atoms with Gasteiger partial charge in [0.05, 0.1) is 6.61 Å². The Morgan fingerprint density at radius 2 is 1.66 bits per heavy atom. The van der Waals surface area contributed by atoms with Crippen molar-refractivity contribution in [1.29, 1.82) is 5.41 Å². The lowest BCUT2D eigenvalue weighted by atomic mass is 10.1. The van der Waals surface area contributed by atoms with Crippen molar-refractivity contribution in [1.82, 2.24) is 9.13 Å². The van der Waals surface area contributed by atoms with Gasteiger partial charge in [-0.15, -0.1) is 0 Å². The van der Waals surface area contributed by atoms with Crippen molar-refractivity contribution >= 4 is 12.2 Å². The number of aryl methyl sites for hydroxylation is 2. The van der Waals surface area contributed by atoms with Crippen molar-refractivity contribution in [3.05, 3.63) is 76.0 Å². The third kappa shape index (κ3) is 14.7. The van der Waals surface area contributed by atoms with E-state index in [0.29, 0.717) is 18.9 Å². The van der Waals surface area contributed by atoms with Crippen LogP contribution in [0.25, 0.3) is 0 Å². The Balaban J connectivity index is 0.00000154. The molecule has 0 spiro atoms. The van der Waals surface area contributed by atoms with Gasteiger partial charge in [-0.05, 0) is 104 Å². The van der Waals surface area contributed by atoms with Gasteiger partial charge in [-0.2, -0.15) is 0 Å². The van der Waals surface area contributed by atoms with Crippen LogP contribution >= 0.6 is 0 Å². The third-order valence-electron chi connectivity index (χ3n) is 6.13. The Kier molecular flexibility index (Phi) is 19.7. The van der Waals surface area contributed by atoms with Gasteiger partial charge >= 0.3 is 11.7 Å². The van der Waals surface area contributed by atoms with E-state index in [-0.39, 0.29) is 11.7 Å². The summed E-state index contributed by atoms with van der Waals surface area (Å²) in [6, 6.07) is 7.83. The number of esters is 1. The Bertz CT molecular complexity index is 1120. The minimum absolute atomic E-state index is 0.0776. The van der Waals surface area contributed by atoms with E-state index >= 15 is 0 Å². The first-order chi connectivity index (χ1) is 19.5. The number of allylic oxidation sites excluding steroid dienone is 4. The molecule has 0 aliphatic carbocycles. The van der Waals surface area contributed by atoms with Gasteiger partial charge in [0, 0.05) is 25.0 Å². The molecule has 1 heterocycles. The predicted octanol–water partition coefficient (Wildman–Crippen LogP) is 7.94. The number of nitrogens with one attached hydrogen (secondary N) is 1. The van der Waals surface area contributed by atoms with Crippen LogP contribution < -0.4 is 10.4 Å². The highest BCUT2D eigenvalue weighted by Crippen LogP contribution is 2.21. The Morgan fingerprint density at radius 1 is 1.02 bits per heavy atom. The number of aromatic nitrogens is 2. The molecule has 0 aliphatic rings. The molecule has 7 heteroatoms. The lowest BCUT2D eigenvalue weighted by Gasteiger charge is -2.24. The second-order valence-electron chi connectivity index (χ2n) is 10.2. The maximum absolute atomic E-state index is 12.8. The van der Waals surface area contributed by atoms with Gasteiger partial charge in [-0.1, -0.05) is 56.7 Å². The normalized spacial score (nSPS) is 11.3. The summed E-state index contributed by atoms with van der Waals surface area (Å²) in [5.41, 5.74) is 2.52. The average Bonchev–Trinajstić information content (AvgIpc) is 3.24. The van der Waals surface area contributed by atoms with Crippen molar-refractivity contribution in [2.45, 2.75) is 120 Å². The molecule has 0 radical (unpaired) electrons. The number of ether oxygens (including phenoxy) is 2. The Morgan fingerprint density at radius 3 is 2.12 bits per heavy atom. The second-order valence-corrected chi connectivity index (χ2v) is 10.2. The highest BCUT2D eigenvalue weighted by molar-refractivity contribution is 5.79. The van der Waals surface area contributed by atoms with Crippen molar-refractivity contribution in [2.75, 3.05) is 6.61 Å². The van der Waals surface area contributed by atoms with Crippen LogP contribution in [0.15, 0.2) is 59.1 Å². The van der Waals surface area contributed by atoms with Gasteiger partial charge in [0.1, 0.15) is 5.75 Å². The molecular weight excluding hydrogens is 514 g/mol. The third-order valence-corrected chi connectivity index (χ3v) is 6.13. The van der Waals surface area contributed by atoms with Gasteiger partial charge in [0.2, 0.25) is 0 Å². The Labute approximate surface area is 248 Å². The fourth-order valence-electron chi connectivity index (χ4n) is 3.79. The summed E-state index contributed by atoms with van der Waals surface area (Å²) in [4.78, 5) is 24.8. The number of hydrogen-bond donors (Lipinski definition) is 1. The van der Waals surface area contributed by atoms with Crippen molar-refractivity contribution in [2.24, 2.45) is 0 Å². The first-order valence-electron chi connectivity index (χ1n) is 15.0. The molecule has 41 heavy (non-hydrogen) atoms. The van der Waals surface area contributed by atoms with E-state index in [1.54, 1.807) is 20.8 Å². The van der Waals surface area contributed by atoms with Crippen LogP contribution in [0.4, 0.5) is 0 Å². The largest absolute Gasteiger partial charge is 0.476 e. The van der Waals surface area contributed by atoms with E-state index in [2.05, 4.69) is 26.0 Å². The molecule has 0 saturated carbocycles. The average molecular weight is 570 g/mol. The van der Waals surface area contributed by atoms with Gasteiger partial charge in [0.15, 0.2) is 5.60 Å². The highest BCUT2D eigenvalue weighted by atomic mass is 16.6. The molecule has 230 valence electrons. The zero-order chi connectivity index (χ0) is 31.3. The van der Waals surface area contributed by atoms with Crippen LogP contribution in [0.3, 0.4) is 0 Å². The molecule has 7 nitrogen and oxygen atoms in total. The highest BCUT2D eigenvalue weighted by Gasteiger charge is 2.31. The molecule has 1 aromatic carbocycles. The molecule has 2 aromatic rings. The number of carbonyl (C=O) groups excluding carboxylic acids is 1. The smallest absolute Gasteiger partial charge is 0.349 e. The molecule has 2 rings (SSSR count). The molecule has 0 atom stereocenters. The van der Waals surface area contributed by atoms with Gasteiger partial charge in [0.25, 0.3) is 0 Å². The number of carbonyl (C=O) groups is 1. The van der Waals surface area contributed by atoms with Gasteiger partial charge < -0.3 is 14.9 Å². The SMILES string of the molecule is C/C=C(\C)Cn1cc(CCCc2ccc(OC(C)(C)C(=O)OCC)cc2)n(CCC)c1=O.C/C=C\CC.CCC=N. The van der Waals surface area contributed by atoms with Crippen molar-refractivity contribution in [3.8, 4) is 5.75 Å². The van der Waals surface area contributed by atoms with Crippen molar-refractivity contribution in [3.63, 3.8) is 0 Å². The first kappa shape index (κ1) is 37.6. The lowest BCUT2D eigenvalue weighted by Crippen LogP contribution is -2.39. The number of benzene rings is 1. The summed E-state index contributed by atoms with van der Waals surface area (Å²) in [6.07, 6.45) is 15.3. The fourth-order valence-corrected chi connectivity index (χ4v) is 3.79. The van der Waals surface area contributed by atoms with Gasteiger partial charge in [-0.3, -0.25) is 9.13 Å². The summed E-state index contributed by atoms with van der Waals surface area (Å²) in [7, 11) is 0. The van der Waals surface area contributed by atoms with Crippen molar-refractivity contribution < 1.29 is 14.3 Å². The first-order valence-corrected chi connectivity index (χ1v) is 15.0. The molecule has 0 unspecified atom stereocenters. The minimum Gasteiger partial charge on any atom is -0.476 e. The summed E-state index contributed by atoms with van der Waals surface area (Å²) < 4.78 is 14.6. The van der Waals surface area contributed by atoms with Crippen LogP contribution in [0, 0.1) is 5.41 Å². The van der Waals surface area contributed by atoms with Crippen LogP contribution in [-0.2, 0) is 35.5 Å². The monoisotopic (exact) mass is 569 g/mol. The maximum Gasteiger partial charge on any atom is 0.349 e. The zero-order valence-electron chi connectivity index (χ0n) is 27.1.